The highest BCUT2D eigenvalue weighted by atomic mass is 15.0. The van der Waals surface area contributed by atoms with Crippen LogP contribution in [-0.2, 0) is 6.42 Å². The predicted octanol–water partition coefficient (Wildman–Crippen LogP) is 5.21. The largest absolute Gasteiger partial charge is 0.298 e. The molecule has 3 heterocycles. The minimum absolute atomic E-state index is 0.527. The van der Waals surface area contributed by atoms with Gasteiger partial charge in [0.2, 0.25) is 0 Å². The zero-order valence-corrected chi connectivity index (χ0v) is 15.7. The first-order chi connectivity index (χ1) is 13.2. The van der Waals surface area contributed by atoms with Crippen LogP contribution in [-0.4, -0.2) is 19.4 Å². The Bertz CT molecular complexity index is 1120. The van der Waals surface area contributed by atoms with E-state index in [1.54, 1.807) is 0 Å². The summed E-state index contributed by atoms with van der Waals surface area (Å²) < 4.78 is 2.16. The van der Waals surface area contributed by atoms with Crippen molar-refractivity contribution in [1.29, 1.82) is 0 Å². The summed E-state index contributed by atoms with van der Waals surface area (Å²) >= 11 is 0. The molecule has 0 N–H and O–H groups in total. The number of hydrogen-bond donors (Lipinski definition) is 0. The molecule has 0 atom stereocenters. The maximum Gasteiger partial charge on any atom is 0.138 e. The minimum Gasteiger partial charge on any atom is -0.298 e. The lowest BCUT2D eigenvalue weighted by molar-refractivity contribution is 0.926. The topological polar surface area (TPSA) is 43.1 Å². The van der Waals surface area contributed by atoms with Gasteiger partial charge in [0.1, 0.15) is 11.5 Å². The summed E-state index contributed by atoms with van der Waals surface area (Å²) in [5.41, 5.74) is 7.57. The summed E-state index contributed by atoms with van der Waals surface area (Å²) in [6.07, 6.45) is 7.39. The number of benzene rings is 1. The Morgan fingerprint density at radius 2 is 1.85 bits per heavy atom. The molecule has 0 spiro atoms. The van der Waals surface area contributed by atoms with Crippen LogP contribution in [0.5, 0.6) is 0 Å². The fourth-order valence-corrected chi connectivity index (χ4v) is 3.51. The van der Waals surface area contributed by atoms with Crippen molar-refractivity contribution < 1.29 is 0 Å². The monoisotopic (exact) mass is 354 g/mol. The van der Waals surface area contributed by atoms with Crippen LogP contribution < -0.4 is 0 Å². The second-order valence-corrected chi connectivity index (χ2v) is 7.37. The van der Waals surface area contributed by atoms with E-state index in [2.05, 4.69) is 65.8 Å². The number of nitrogens with zero attached hydrogens (tertiary/aromatic N) is 4. The lowest BCUT2D eigenvalue weighted by Gasteiger charge is -2.07. The van der Waals surface area contributed by atoms with E-state index in [4.69, 9.17) is 9.97 Å². The Morgan fingerprint density at radius 3 is 2.59 bits per heavy atom. The van der Waals surface area contributed by atoms with Gasteiger partial charge in [0.15, 0.2) is 0 Å². The molecule has 1 aromatic carbocycles. The van der Waals surface area contributed by atoms with Crippen LogP contribution in [0.25, 0.3) is 28.3 Å². The molecule has 27 heavy (non-hydrogen) atoms. The number of hydrogen-bond acceptors (Lipinski definition) is 3. The highest BCUT2D eigenvalue weighted by molar-refractivity contribution is 5.80. The smallest absolute Gasteiger partial charge is 0.138 e. The molecule has 0 unspecified atom stereocenters. The van der Waals surface area contributed by atoms with Crippen LogP contribution in [0.4, 0.5) is 0 Å². The first kappa shape index (κ1) is 16.2. The third-order valence-corrected chi connectivity index (χ3v) is 5.28. The molecular weight excluding hydrogens is 332 g/mol. The number of fused-ring (bicyclic) bond motifs is 1. The van der Waals surface area contributed by atoms with Crippen LogP contribution in [0, 0.1) is 6.92 Å². The number of pyridine rings is 1. The normalized spacial score (nSPS) is 14.0. The zero-order chi connectivity index (χ0) is 18.4. The molecule has 0 aliphatic heterocycles. The summed E-state index contributed by atoms with van der Waals surface area (Å²) in [7, 11) is 0. The third-order valence-electron chi connectivity index (χ3n) is 5.28. The van der Waals surface area contributed by atoms with E-state index in [9.17, 15) is 0 Å². The van der Waals surface area contributed by atoms with Crippen molar-refractivity contribution in [3.63, 3.8) is 0 Å². The van der Waals surface area contributed by atoms with E-state index < -0.39 is 0 Å². The first-order valence-corrected chi connectivity index (χ1v) is 9.64. The summed E-state index contributed by atoms with van der Waals surface area (Å²) in [6, 6.07) is 14.9. The highest BCUT2D eigenvalue weighted by Gasteiger charge is 2.27. The SMILES string of the molecule is CCc1ccn2c(-c3ccnc(C4CC4)n3)c(-c3ccc(C)cc3)nc2c1. The van der Waals surface area contributed by atoms with Gasteiger partial charge in [0.05, 0.1) is 17.1 Å². The summed E-state index contributed by atoms with van der Waals surface area (Å²) in [6.45, 7) is 4.27. The molecule has 0 amide bonds. The highest BCUT2D eigenvalue weighted by Crippen LogP contribution is 2.39. The van der Waals surface area contributed by atoms with Crippen LogP contribution in [0.15, 0.2) is 54.9 Å². The molecule has 4 aromatic rings. The van der Waals surface area contributed by atoms with Gasteiger partial charge in [0.25, 0.3) is 0 Å². The van der Waals surface area contributed by atoms with Gasteiger partial charge in [-0.3, -0.25) is 4.40 Å². The summed E-state index contributed by atoms with van der Waals surface area (Å²) in [4.78, 5) is 14.4. The van der Waals surface area contributed by atoms with Crippen molar-refractivity contribution in [2.45, 2.75) is 39.0 Å². The molecule has 0 radical (unpaired) electrons. The number of rotatable bonds is 4. The molecule has 4 heteroatoms. The van der Waals surface area contributed by atoms with Crippen molar-refractivity contribution in [2.24, 2.45) is 0 Å². The molecule has 0 bridgehead atoms. The maximum absolute atomic E-state index is 4.99. The molecule has 4 nitrogen and oxygen atoms in total. The average Bonchev–Trinajstić information content (AvgIpc) is 3.49. The number of imidazole rings is 1. The molecule has 1 saturated carbocycles. The van der Waals surface area contributed by atoms with E-state index >= 15 is 0 Å². The Kier molecular flexibility index (Phi) is 3.78. The van der Waals surface area contributed by atoms with Crippen LogP contribution in [0.2, 0.25) is 0 Å². The second kappa shape index (κ2) is 6.31. The first-order valence-electron chi connectivity index (χ1n) is 9.64. The molecule has 3 aromatic heterocycles. The fourth-order valence-electron chi connectivity index (χ4n) is 3.51. The van der Waals surface area contributed by atoms with E-state index in [-0.39, 0.29) is 0 Å². The van der Waals surface area contributed by atoms with Crippen LogP contribution in [0.1, 0.15) is 42.6 Å². The third kappa shape index (κ3) is 2.91. The summed E-state index contributed by atoms with van der Waals surface area (Å²) in [5.74, 6) is 1.49. The van der Waals surface area contributed by atoms with Crippen molar-refractivity contribution >= 4 is 5.65 Å². The van der Waals surface area contributed by atoms with Gasteiger partial charge in [-0.25, -0.2) is 15.0 Å². The molecule has 1 fully saturated rings. The Hall–Kier alpha value is -3.01. The zero-order valence-electron chi connectivity index (χ0n) is 15.7. The van der Waals surface area contributed by atoms with Crippen molar-refractivity contribution in [3.8, 4) is 22.6 Å². The molecule has 0 saturated heterocycles. The van der Waals surface area contributed by atoms with Gasteiger partial charge < -0.3 is 0 Å². The molecule has 1 aliphatic carbocycles. The van der Waals surface area contributed by atoms with Gasteiger partial charge in [-0.05, 0) is 49.9 Å². The molecule has 5 rings (SSSR count). The van der Waals surface area contributed by atoms with Crippen molar-refractivity contribution in [3.05, 3.63) is 71.8 Å². The van der Waals surface area contributed by atoms with Crippen LogP contribution in [0.3, 0.4) is 0 Å². The maximum atomic E-state index is 4.99. The Balaban J connectivity index is 1.76. The second-order valence-electron chi connectivity index (χ2n) is 7.37. The van der Waals surface area contributed by atoms with E-state index in [0.717, 1.165) is 40.5 Å². The van der Waals surface area contributed by atoms with Crippen molar-refractivity contribution in [1.82, 2.24) is 19.4 Å². The van der Waals surface area contributed by atoms with Crippen molar-refractivity contribution in [2.75, 3.05) is 0 Å². The number of aromatic nitrogens is 4. The van der Waals surface area contributed by atoms with Gasteiger partial charge >= 0.3 is 0 Å². The minimum atomic E-state index is 0.527. The lowest BCUT2D eigenvalue weighted by Crippen LogP contribution is -1.97. The van der Waals surface area contributed by atoms with Gasteiger partial charge in [-0.15, -0.1) is 0 Å². The van der Waals surface area contributed by atoms with Gasteiger partial charge in [0, 0.05) is 23.9 Å². The van der Waals surface area contributed by atoms with Crippen LogP contribution >= 0.6 is 0 Å². The standard InChI is InChI=1S/C23H22N4/c1-3-16-11-13-27-20(14-16)26-21(17-6-4-15(2)5-7-17)22(27)19-10-12-24-23(25-19)18-8-9-18/h4-7,10-14,18H,3,8-9H2,1-2H3. The van der Waals surface area contributed by atoms with E-state index in [1.165, 1.54) is 24.0 Å². The Labute approximate surface area is 159 Å². The van der Waals surface area contributed by atoms with Gasteiger partial charge in [-0.1, -0.05) is 36.8 Å². The molecule has 134 valence electrons. The van der Waals surface area contributed by atoms with E-state index in [1.807, 2.05) is 12.3 Å². The predicted molar refractivity (Wildman–Crippen MR) is 108 cm³/mol. The van der Waals surface area contributed by atoms with Gasteiger partial charge in [-0.2, -0.15) is 0 Å². The molecule has 1 aliphatic rings. The lowest BCUT2D eigenvalue weighted by atomic mass is 10.1. The molecular formula is C23H22N4. The van der Waals surface area contributed by atoms with E-state index in [0.29, 0.717) is 5.92 Å². The summed E-state index contributed by atoms with van der Waals surface area (Å²) in [5, 5.41) is 0. The Morgan fingerprint density at radius 1 is 1.04 bits per heavy atom. The average molecular weight is 354 g/mol. The quantitative estimate of drug-likeness (QED) is 0.505. The number of aryl methyl sites for hydroxylation is 2. The fraction of sp³-hybridized carbons (Fsp3) is 0.261.